The molecule has 0 aliphatic carbocycles. The van der Waals surface area contributed by atoms with Crippen molar-refractivity contribution in [2.45, 2.75) is 25.9 Å². The maximum atomic E-state index is 5.92. The first-order chi connectivity index (χ1) is 14.1. The lowest BCUT2D eigenvalue weighted by Crippen LogP contribution is -2.10. The highest BCUT2D eigenvalue weighted by molar-refractivity contribution is 6.17. The van der Waals surface area contributed by atoms with Gasteiger partial charge in [-0.2, -0.15) is 15.1 Å². The predicted octanol–water partition coefficient (Wildman–Crippen LogP) is 2.51. The SMILES string of the molecule is COc1cc(CCl)ccc1Cn1ncc2nc(N)nc(NCc3noc(C)n3)c21. The van der Waals surface area contributed by atoms with E-state index in [0.717, 1.165) is 16.9 Å². The molecule has 0 saturated heterocycles. The van der Waals surface area contributed by atoms with E-state index in [0.29, 0.717) is 47.5 Å². The quantitative estimate of drug-likeness (QED) is 0.438. The summed E-state index contributed by atoms with van der Waals surface area (Å²) in [6, 6.07) is 5.85. The van der Waals surface area contributed by atoms with E-state index in [1.165, 1.54) is 0 Å². The normalized spacial score (nSPS) is 11.1. The van der Waals surface area contributed by atoms with E-state index in [2.05, 4.69) is 30.5 Å². The zero-order valence-electron chi connectivity index (χ0n) is 15.9. The number of hydrogen-bond donors (Lipinski definition) is 2. The number of benzene rings is 1. The molecule has 0 unspecified atom stereocenters. The second-order valence-corrected chi connectivity index (χ2v) is 6.60. The molecule has 3 aromatic heterocycles. The number of hydrogen-bond acceptors (Lipinski definition) is 9. The lowest BCUT2D eigenvalue weighted by Gasteiger charge is -2.12. The Morgan fingerprint density at radius 3 is 2.86 bits per heavy atom. The van der Waals surface area contributed by atoms with Gasteiger partial charge in [0.05, 0.1) is 26.4 Å². The number of aryl methyl sites for hydroxylation is 1. The number of anilines is 2. The van der Waals surface area contributed by atoms with Crippen LogP contribution in [0.1, 0.15) is 22.8 Å². The smallest absolute Gasteiger partial charge is 0.223 e. The summed E-state index contributed by atoms with van der Waals surface area (Å²) in [4.78, 5) is 12.8. The molecule has 0 amide bonds. The molecule has 3 N–H and O–H groups in total. The third-order valence-electron chi connectivity index (χ3n) is 4.32. The Morgan fingerprint density at radius 2 is 2.14 bits per heavy atom. The molecular formula is C18H19ClN8O2. The number of nitrogen functional groups attached to an aromatic ring is 1. The number of ether oxygens (including phenoxy) is 1. The molecule has 3 heterocycles. The van der Waals surface area contributed by atoms with E-state index in [9.17, 15) is 0 Å². The molecule has 0 saturated carbocycles. The van der Waals surface area contributed by atoms with Gasteiger partial charge >= 0.3 is 0 Å². The number of fused-ring (bicyclic) bond motifs is 1. The number of nitrogens with zero attached hydrogens (tertiary/aromatic N) is 6. The van der Waals surface area contributed by atoms with Crippen LogP contribution < -0.4 is 15.8 Å². The maximum absolute atomic E-state index is 5.92. The number of methoxy groups -OCH3 is 1. The summed E-state index contributed by atoms with van der Waals surface area (Å²) in [5.41, 5.74) is 9.12. The van der Waals surface area contributed by atoms with Gasteiger partial charge in [0.25, 0.3) is 0 Å². The number of nitrogens with one attached hydrogen (secondary N) is 1. The van der Waals surface area contributed by atoms with E-state index in [-0.39, 0.29) is 5.95 Å². The molecule has 0 radical (unpaired) electrons. The fourth-order valence-electron chi connectivity index (χ4n) is 3.00. The van der Waals surface area contributed by atoms with Crippen molar-refractivity contribution in [3.63, 3.8) is 0 Å². The van der Waals surface area contributed by atoms with Crippen LogP contribution >= 0.6 is 11.6 Å². The standard InChI is InChI=1S/C18H19ClN8O2/c1-10-23-15(26-29-10)8-21-17-16-13(24-18(20)25-17)7-22-27(16)9-12-4-3-11(6-19)5-14(12)28-2/h3-5,7H,6,8-9H2,1-2H3,(H3,20,21,24,25). The van der Waals surface area contributed by atoms with Gasteiger partial charge in [0.15, 0.2) is 11.6 Å². The van der Waals surface area contributed by atoms with Crippen LogP contribution in [-0.2, 0) is 19.0 Å². The van der Waals surface area contributed by atoms with Crippen molar-refractivity contribution in [1.29, 1.82) is 0 Å². The third kappa shape index (κ3) is 3.92. The lowest BCUT2D eigenvalue weighted by molar-refractivity contribution is 0.388. The highest BCUT2D eigenvalue weighted by Gasteiger charge is 2.15. The van der Waals surface area contributed by atoms with Crippen LogP contribution in [0.5, 0.6) is 5.75 Å². The fraction of sp³-hybridized carbons (Fsp3) is 0.278. The molecule has 29 heavy (non-hydrogen) atoms. The number of aromatic nitrogens is 6. The second kappa shape index (κ2) is 7.92. The average molecular weight is 415 g/mol. The van der Waals surface area contributed by atoms with E-state index in [1.54, 1.807) is 24.9 Å². The number of nitrogens with two attached hydrogens (primary N) is 1. The summed E-state index contributed by atoms with van der Waals surface area (Å²) in [5.74, 6) is 2.83. The van der Waals surface area contributed by atoms with Crippen molar-refractivity contribution < 1.29 is 9.26 Å². The fourth-order valence-corrected chi connectivity index (χ4v) is 3.17. The Balaban J connectivity index is 1.68. The van der Waals surface area contributed by atoms with Crippen LogP contribution in [0.4, 0.5) is 11.8 Å². The second-order valence-electron chi connectivity index (χ2n) is 6.33. The molecule has 0 aliphatic rings. The Kier molecular flexibility index (Phi) is 5.17. The predicted molar refractivity (Wildman–Crippen MR) is 108 cm³/mol. The van der Waals surface area contributed by atoms with E-state index < -0.39 is 0 Å². The summed E-state index contributed by atoms with van der Waals surface area (Å²) >= 11 is 5.92. The minimum absolute atomic E-state index is 0.146. The molecule has 0 fully saturated rings. The topological polar surface area (TPSA) is 130 Å². The van der Waals surface area contributed by atoms with Crippen LogP contribution in [0.3, 0.4) is 0 Å². The lowest BCUT2D eigenvalue weighted by atomic mass is 10.1. The van der Waals surface area contributed by atoms with Gasteiger partial charge < -0.3 is 20.3 Å². The van der Waals surface area contributed by atoms with Crippen LogP contribution in [0.2, 0.25) is 0 Å². The number of alkyl halides is 1. The van der Waals surface area contributed by atoms with Gasteiger partial charge in [-0.25, -0.2) is 4.98 Å². The van der Waals surface area contributed by atoms with Crippen molar-refractivity contribution in [3.8, 4) is 5.75 Å². The monoisotopic (exact) mass is 414 g/mol. The summed E-state index contributed by atoms with van der Waals surface area (Å²) in [6.45, 7) is 2.51. The molecule has 150 valence electrons. The summed E-state index contributed by atoms with van der Waals surface area (Å²) in [5, 5.41) is 11.5. The minimum Gasteiger partial charge on any atom is -0.496 e. The van der Waals surface area contributed by atoms with Crippen molar-refractivity contribution in [2.24, 2.45) is 0 Å². The molecule has 0 bridgehead atoms. The first-order valence-electron chi connectivity index (χ1n) is 8.81. The summed E-state index contributed by atoms with van der Waals surface area (Å²) in [7, 11) is 1.63. The van der Waals surface area contributed by atoms with E-state index >= 15 is 0 Å². The molecule has 10 nitrogen and oxygen atoms in total. The van der Waals surface area contributed by atoms with Crippen molar-refractivity contribution in [3.05, 3.63) is 47.2 Å². The Morgan fingerprint density at radius 1 is 1.28 bits per heavy atom. The van der Waals surface area contributed by atoms with Crippen molar-refractivity contribution in [1.82, 2.24) is 29.9 Å². The van der Waals surface area contributed by atoms with Crippen LogP contribution in [-0.4, -0.2) is 37.0 Å². The Labute approximate surface area is 171 Å². The molecule has 4 aromatic rings. The average Bonchev–Trinajstić information content (AvgIpc) is 3.32. The van der Waals surface area contributed by atoms with E-state index in [4.69, 9.17) is 26.6 Å². The van der Waals surface area contributed by atoms with Gasteiger partial charge in [-0.05, 0) is 11.6 Å². The zero-order chi connectivity index (χ0) is 20.4. The summed E-state index contributed by atoms with van der Waals surface area (Å²) < 4.78 is 12.3. The third-order valence-corrected chi connectivity index (χ3v) is 4.62. The van der Waals surface area contributed by atoms with Gasteiger partial charge in [-0.15, -0.1) is 11.6 Å². The molecule has 0 spiro atoms. The first-order valence-corrected chi connectivity index (χ1v) is 9.34. The number of rotatable bonds is 7. The molecule has 1 aromatic carbocycles. The molecule has 0 aliphatic heterocycles. The van der Waals surface area contributed by atoms with Gasteiger partial charge in [0.1, 0.15) is 16.8 Å². The maximum Gasteiger partial charge on any atom is 0.223 e. The number of halogens is 1. The van der Waals surface area contributed by atoms with Gasteiger partial charge in [-0.1, -0.05) is 17.3 Å². The minimum atomic E-state index is 0.146. The Hall–Kier alpha value is -3.40. The molecular weight excluding hydrogens is 396 g/mol. The Bertz CT molecular complexity index is 1160. The van der Waals surface area contributed by atoms with Gasteiger partial charge in [0.2, 0.25) is 11.8 Å². The molecule has 11 heteroatoms. The van der Waals surface area contributed by atoms with Crippen molar-refractivity contribution >= 4 is 34.4 Å². The first kappa shape index (κ1) is 18.9. The highest BCUT2D eigenvalue weighted by atomic mass is 35.5. The highest BCUT2D eigenvalue weighted by Crippen LogP contribution is 2.26. The van der Waals surface area contributed by atoms with Gasteiger partial charge in [-0.3, -0.25) is 4.68 Å². The summed E-state index contributed by atoms with van der Waals surface area (Å²) in [6.07, 6.45) is 1.65. The van der Waals surface area contributed by atoms with Gasteiger partial charge in [0, 0.05) is 18.4 Å². The van der Waals surface area contributed by atoms with Crippen LogP contribution in [0.25, 0.3) is 11.0 Å². The molecule has 4 rings (SSSR count). The van der Waals surface area contributed by atoms with E-state index in [1.807, 2.05) is 18.2 Å². The largest absolute Gasteiger partial charge is 0.496 e. The van der Waals surface area contributed by atoms with Crippen LogP contribution in [0, 0.1) is 6.92 Å². The van der Waals surface area contributed by atoms with Crippen LogP contribution in [0.15, 0.2) is 28.9 Å². The molecule has 0 atom stereocenters. The van der Waals surface area contributed by atoms with Crippen molar-refractivity contribution in [2.75, 3.05) is 18.2 Å². The zero-order valence-corrected chi connectivity index (χ0v) is 16.6.